The van der Waals surface area contributed by atoms with Gasteiger partial charge in [0, 0.05) is 21.2 Å². The maximum atomic E-state index is 6.26. The quantitative estimate of drug-likeness (QED) is 0.139. The molecule has 0 aliphatic rings. The summed E-state index contributed by atoms with van der Waals surface area (Å²) < 4.78 is 14.4. The van der Waals surface area contributed by atoms with Crippen molar-refractivity contribution in [2.24, 2.45) is 5.10 Å². The predicted molar refractivity (Wildman–Crippen MR) is 142 cm³/mol. The Morgan fingerprint density at radius 1 is 1.15 bits per heavy atom. The largest absolute Gasteiger partial charge is 0.493 e. The molecule has 1 heterocycles. The summed E-state index contributed by atoms with van der Waals surface area (Å²) in [5.74, 6) is 1.82. The second-order valence-electron chi connectivity index (χ2n) is 6.83. The number of aromatic nitrogens is 3. The highest BCUT2D eigenvalue weighted by Crippen LogP contribution is 2.35. The lowest BCUT2D eigenvalue weighted by Crippen LogP contribution is -2.02. The van der Waals surface area contributed by atoms with Crippen LogP contribution in [0.15, 0.2) is 65.8 Å². The summed E-state index contributed by atoms with van der Waals surface area (Å²) in [6.07, 6.45) is 1.70. The molecule has 0 saturated heterocycles. The number of nitrogens with zero attached hydrogens (tertiary/aromatic N) is 3. The average Bonchev–Trinajstić information content (AvgIpc) is 3.18. The van der Waals surface area contributed by atoms with E-state index in [-0.39, 0.29) is 6.61 Å². The average molecular weight is 611 g/mol. The van der Waals surface area contributed by atoms with E-state index in [0.717, 1.165) is 20.3 Å². The van der Waals surface area contributed by atoms with Gasteiger partial charge >= 0.3 is 0 Å². The van der Waals surface area contributed by atoms with Crippen LogP contribution in [-0.2, 0) is 6.61 Å². The molecule has 0 spiro atoms. The lowest BCUT2D eigenvalue weighted by atomic mass is 10.2. The van der Waals surface area contributed by atoms with E-state index in [2.05, 4.69) is 37.9 Å². The van der Waals surface area contributed by atoms with Crippen LogP contribution in [0.1, 0.15) is 11.1 Å². The number of H-pyrrole nitrogens is 1. The van der Waals surface area contributed by atoms with Gasteiger partial charge in [-0.05, 0) is 64.6 Å². The van der Waals surface area contributed by atoms with Crippen molar-refractivity contribution in [3.63, 3.8) is 0 Å². The Hall–Kier alpha value is -2.40. The minimum Gasteiger partial charge on any atom is -0.493 e. The first-order valence-corrected chi connectivity index (χ1v) is 11.9. The highest BCUT2D eigenvalue weighted by atomic mass is 127. The van der Waals surface area contributed by atoms with Gasteiger partial charge in [0.15, 0.2) is 17.3 Å². The summed E-state index contributed by atoms with van der Waals surface area (Å²) in [7, 11) is 1.59. The maximum Gasteiger partial charge on any atom is 0.216 e. The van der Waals surface area contributed by atoms with E-state index in [1.165, 1.54) is 0 Å². The van der Waals surface area contributed by atoms with Gasteiger partial charge in [0.2, 0.25) is 4.77 Å². The molecular formula is C23H17Cl2IN4O2S. The van der Waals surface area contributed by atoms with Gasteiger partial charge in [-0.2, -0.15) is 14.9 Å². The molecule has 0 aliphatic carbocycles. The molecule has 168 valence electrons. The third-order valence-corrected chi connectivity index (χ3v) is 6.30. The molecule has 0 atom stereocenters. The Labute approximate surface area is 219 Å². The van der Waals surface area contributed by atoms with Gasteiger partial charge in [0.05, 0.1) is 16.9 Å². The fourth-order valence-corrected chi connectivity index (χ4v) is 4.46. The monoisotopic (exact) mass is 610 g/mol. The van der Waals surface area contributed by atoms with E-state index in [1.54, 1.807) is 30.1 Å². The number of halogens is 3. The molecule has 1 N–H and O–H groups in total. The van der Waals surface area contributed by atoms with Crippen molar-refractivity contribution in [2.75, 3.05) is 7.11 Å². The third kappa shape index (κ3) is 5.57. The fourth-order valence-electron chi connectivity index (χ4n) is 3.04. The van der Waals surface area contributed by atoms with Crippen LogP contribution in [0.25, 0.3) is 11.4 Å². The van der Waals surface area contributed by atoms with E-state index < -0.39 is 0 Å². The van der Waals surface area contributed by atoms with E-state index in [4.69, 9.17) is 44.9 Å². The van der Waals surface area contributed by atoms with Crippen molar-refractivity contribution >= 4 is 64.2 Å². The zero-order valence-corrected chi connectivity index (χ0v) is 21.7. The Morgan fingerprint density at radius 3 is 2.67 bits per heavy atom. The van der Waals surface area contributed by atoms with Crippen LogP contribution in [0.2, 0.25) is 10.0 Å². The van der Waals surface area contributed by atoms with Crippen molar-refractivity contribution in [1.82, 2.24) is 14.9 Å². The molecule has 1 aromatic heterocycles. The van der Waals surface area contributed by atoms with Crippen LogP contribution < -0.4 is 9.47 Å². The first-order chi connectivity index (χ1) is 16.0. The lowest BCUT2D eigenvalue weighted by molar-refractivity contribution is 0.282. The second kappa shape index (κ2) is 10.7. The molecule has 33 heavy (non-hydrogen) atoms. The number of hydrogen-bond acceptors (Lipinski definition) is 5. The number of methoxy groups -OCH3 is 1. The number of hydrogen-bond donors (Lipinski definition) is 1. The van der Waals surface area contributed by atoms with E-state index in [1.807, 2.05) is 48.5 Å². The third-order valence-electron chi connectivity index (χ3n) is 4.64. The van der Waals surface area contributed by atoms with Crippen molar-refractivity contribution in [1.29, 1.82) is 0 Å². The standard InChI is InChI=1S/C23H17Cl2IN4O2S/c1-31-20-10-14(9-19(26)21(20)32-13-16-7-8-17(24)11-18(16)25)12-27-30-22(28-29-23(30)33)15-5-3-2-4-6-15/h2-12H,13H2,1H3,(H,29,33)/b27-12-. The first kappa shape index (κ1) is 23.7. The topological polar surface area (TPSA) is 64.4 Å². The van der Waals surface area contributed by atoms with Crippen LogP contribution in [0.3, 0.4) is 0 Å². The second-order valence-corrected chi connectivity index (χ2v) is 9.23. The van der Waals surface area contributed by atoms with Crippen LogP contribution >= 0.6 is 58.0 Å². The van der Waals surface area contributed by atoms with Gasteiger partial charge in [0.25, 0.3) is 0 Å². The highest BCUT2D eigenvalue weighted by molar-refractivity contribution is 14.1. The van der Waals surface area contributed by atoms with E-state index >= 15 is 0 Å². The number of benzene rings is 3. The molecule has 0 amide bonds. The van der Waals surface area contributed by atoms with Gasteiger partial charge in [-0.25, -0.2) is 5.10 Å². The Morgan fingerprint density at radius 2 is 1.94 bits per heavy atom. The van der Waals surface area contributed by atoms with Gasteiger partial charge in [0.1, 0.15) is 6.61 Å². The van der Waals surface area contributed by atoms with Gasteiger partial charge in [-0.1, -0.05) is 59.6 Å². The van der Waals surface area contributed by atoms with Crippen LogP contribution in [-0.4, -0.2) is 28.2 Å². The molecular weight excluding hydrogens is 594 g/mol. The summed E-state index contributed by atoms with van der Waals surface area (Å²) in [5.41, 5.74) is 2.54. The molecule has 3 aromatic carbocycles. The smallest absolute Gasteiger partial charge is 0.216 e. The van der Waals surface area contributed by atoms with Gasteiger partial charge in [-0.3, -0.25) is 0 Å². The summed E-state index contributed by atoms with van der Waals surface area (Å²) in [4.78, 5) is 0. The van der Waals surface area contributed by atoms with Crippen LogP contribution in [0.5, 0.6) is 11.5 Å². The Bertz CT molecular complexity index is 1370. The number of nitrogens with one attached hydrogen (secondary N) is 1. The molecule has 6 nitrogen and oxygen atoms in total. The maximum absolute atomic E-state index is 6.26. The summed E-state index contributed by atoms with van der Waals surface area (Å²) in [6, 6.07) is 18.8. The number of rotatable bonds is 7. The summed E-state index contributed by atoms with van der Waals surface area (Å²) >= 11 is 19.8. The summed E-state index contributed by atoms with van der Waals surface area (Å²) in [5, 5.41) is 12.7. The molecule has 0 bridgehead atoms. The lowest BCUT2D eigenvalue weighted by Gasteiger charge is -2.14. The summed E-state index contributed by atoms with van der Waals surface area (Å²) in [6.45, 7) is 0.278. The van der Waals surface area contributed by atoms with Crippen molar-refractivity contribution in [3.8, 4) is 22.9 Å². The molecule has 0 radical (unpaired) electrons. The SMILES string of the molecule is COc1cc(/C=N\n2c(-c3ccccc3)n[nH]c2=S)cc(I)c1OCc1ccc(Cl)cc1Cl. The van der Waals surface area contributed by atoms with Gasteiger partial charge < -0.3 is 9.47 Å². The minimum atomic E-state index is 0.278. The fraction of sp³-hybridized carbons (Fsp3) is 0.0870. The normalized spacial score (nSPS) is 11.2. The molecule has 0 saturated carbocycles. The molecule has 0 fully saturated rings. The highest BCUT2D eigenvalue weighted by Gasteiger charge is 2.13. The predicted octanol–water partition coefficient (Wildman–Crippen LogP) is 6.99. The molecule has 4 aromatic rings. The van der Waals surface area contributed by atoms with Crippen molar-refractivity contribution in [3.05, 3.63) is 90.2 Å². The van der Waals surface area contributed by atoms with Crippen LogP contribution in [0.4, 0.5) is 0 Å². The van der Waals surface area contributed by atoms with E-state index in [9.17, 15) is 0 Å². The molecule has 0 aliphatic heterocycles. The molecule has 0 unspecified atom stereocenters. The molecule has 10 heteroatoms. The molecule has 4 rings (SSSR count). The number of ether oxygens (including phenoxy) is 2. The first-order valence-electron chi connectivity index (χ1n) is 9.67. The number of aromatic amines is 1. The van der Waals surface area contributed by atoms with E-state index in [0.29, 0.717) is 32.1 Å². The minimum absolute atomic E-state index is 0.278. The van der Waals surface area contributed by atoms with Crippen LogP contribution in [0, 0.1) is 8.34 Å². The zero-order valence-electron chi connectivity index (χ0n) is 17.3. The Balaban J connectivity index is 1.59. The Kier molecular flexibility index (Phi) is 7.69. The van der Waals surface area contributed by atoms with Crippen molar-refractivity contribution < 1.29 is 9.47 Å². The van der Waals surface area contributed by atoms with Gasteiger partial charge in [-0.15, -0.1) is 0 Å². The van der Waals surface area contributed by atoms with Crippen molar-refractivity contribution in [2.45, 2.75) is 6.61 Å². The zero-order chi connectivity index (χ0) is 23.4.